The van der Waals surface area contributed by atoms with Crippen molar-refractivity contribution in [3.8, 4) is 0 Å². The Kier molecular flexibility index (Phi) is 9.23. The summed E-state index contributed by atoms with van der Waals surface area (Å²) >= 11 is 0. The molecule has 0 radical (unpaired) electrons. The molecule has 0 aliphatic heterocycles. The summed E-state index contributed by atoms with van der Waals surface area (Å²) in [6, 6.07) is 0. The third-order valence-electron chi connectivity index (χ3n) is 9.64. The van der Waals surface area contributed by atoms with E-state index in [2.05, 4.69) is 32.1 Å². The lowest BCUT2D eigenvalue weighted by molar-refractivity contribution is -0.165. The van der Waals surface area contributed by atoms with Crippen LogP contribution < -0.4 is 0 Å². The Morgan fingerprint density at radius 3 is 2.34 bits per heavy atom. The van der Waals surface area contributed by atoms with Gasteiger partial charge in [-0.2, -0.15) is 0 Å². The zero-order chi connectivity index (χ0) is 25.9. The van der Waals surface area contributed by atoms with Crippen LogP contribution in [0.5, 0.6) is 0 Å². The molecule has 0 heterocycles. The van der Waals surface area contributed by atoms with Crippen molar-refractivity contribution in [3.63, 3.8) is 0 Å². The van der Waals surface area contributed by atoms with Crippen molar-refractivity contribution in [2.75, 3.05) is 6.67 Å². The highest BCUT2D eigenvalue weighted by atomic mass is 19.1. The highest BCUT2D eigenvalue weighted by Gasteiger charge is 2.50. The fraction of sp³-hybridized carbons (Fsp3) is 0.733. The predicted octanol–water partition coefficient (Wildman–Crippen LogP) is 5.57. The second-order valence-corrected chi connectivity index (χ2v) is 11.6. The Labute approximate surface area is 211 Å². The summed E-state index contributed by atoms with van der Waals surface area (Å²) < 4.78 is 13.2. The van der Waals surface area contributed by atoms with Crippen molar-refractivity contribution < 1.29 is 24.8 Å². The molecule has 5 heteroatoms. The molecule has 0 aromatic heterocycles. The van der Waals surface area contributed by atoms with Gasteiger partial charge in [0.05, 0.1) is 17.8 Å². The monoisotopic (exact) mass is 490 g/mol. The van der Waals surface area contributed by atoms with E-state index >= 15 is 0 Å². The van der Waals surface area contributed by atoms with Gasteiger partial charge in [0.25, 0.3) is 0 Å². The molecule has 3 fully saturated rings. The first kappa shape index (κ1) is 28.3. The van der Waals surface area contributed by atoms with E-state index in [1.807, 2.05) is 32.1 Å². The fourth-order valence-electron chi connectivity index (χ4n) is 6.93. The Morgan fingerprint density at radius 1 is 1.09 bits per heavy atom. The van der Waals surface area contributed by atoms with Gasteiger partial charge in [0.15, 0.2) is 0 Å². The van der Waals surface area contributed by atoms with Crippen LogP contribution in [-0.4, -0.2) is 50.5 Å². The molecule has 198 valence electrons. The maximum absolute atomic E-state index is 13.2. The van der Waals surface area contributed by atoms with Crippen molar-refractivity contribution in [3.05, 3.63) is 47.6 Å². The number of fused-ring (bicyclic) bond motifs is 1. The zero-order valence-corrected chi connectivity index (χ0v) is 22.1. The van der Waals surface area contributed by atoms with Crippen LogP contribution in [0.15, 0.2) is 47.6 Å². The van der Waals surface area contributed by atoms with Crippen molar-refractivity contribution in [2.24, 2.45) is 23.2 Å². The highest BCUT2D eigenvalue weighted by molar-refractivity contribution is 5.28. The van der Waals surface area contributed by atoms with Gasteiger partial charge in [0.1, 0.15) is 12.3 Å². The van der Waals surface area contributed by atoms with Crippen LogP contribution in [-0.2, 0) is 0 Å². The third-order valence-corrected chi connectivity index (χ3v) is 9.64. The van der Waals surface area contributed by atoms with Crippen molar-refractivity contribution in [1.82, 2.24) is 0 Å². The average molecular weight is 491 g/mol. The lowest BCUT2D eigenvalue weighted by Gasteiger charge is -2.44. The quantitative estimate of drug-likeness (QED) is 0.335. The molecule has 0 amide bonds. The number of halogens is 1. The molecule has 4 N–H and O–H groups in total. The Hall–Kier alpha value is -1.27. The predicted molar refractivity (Wildman–Crippen MR) is 139 cm³/mol. The Morgan fingerprint density at radius 2 is 1.74 bits per heavy atom. The van der Waals surface area contributed by atoms with Gasteiger partial charge in [-0.1, -0.05) is 75.3 Å². The maximum Gasteiger partial charge on any atom is 0.145 e. The first-order chi connectivity index (χ1) is 16.5. The van der Waals surface area contributed by atoms with Crippen LogP contribution in [0, 0.1) is 23.2 Å². The lowest BCUT2D eigenvalue weighted by Crippen LogP contribution is -2.57. The van der Waals surface area contributed by atoms with Crippen LogP contribution in [0.1, 0.15) is 85.5 Å². The van der Waals surface area contributed by atoms with Gasteiger partial charge in [0, 0.05) is 0 Å². The van der Waals surface area contributed by atoms with E-state index in [0.29, 0.717) is 30.6 Å². The molecule has 4 nitrogen and oxygen atoms in total. The molecule has 3 aliphatic carbocycles. The summed E-state index contributed by atoms with van der Waals surface area (Å²) in [6.45, 7) is 7.62. The van der Waals surface area contributed by atoms with Crippen molar-refractivity contribution in [2.45, 2.75) is 109 Å². The lowest BCUT2D eigenvalue weighted by atomic mass is 9.61. The molecule has 3 rings (SSSR count). The van der Waals surface area contributed by atoms with E-state index in [-0.39, 0.29) is 18.3 Å². The first-order valence-corrected chi connectivity index (χ1v) is 13.6. The normalized spacial score (nSPS) is 38.4. The van der Waals surface area contributed by atoms with Crippen LogP contribution in [0.4, 0.5) is 4.39 Å². The second kappa shape index (κ2) is 11.4. The highest BCUT2D eigenvalue weighted by Crippen LogP contribution is 2.59. The minimum Gasteiger partial charge on any atom is -0.390 e. The molecule has 0 spiro atoms. The molecule has 3 aliphatic rings. The SMILES string of the molecule is CCC(O)(C=CC=C[C@@H](C)C1CCC2C(=CC=C3C[C@@H](O)C(O)(CF)[C@H](O)C3)CCCC21C)CC. The minimum atomic E-state index is -2.06. The van der Waals surface area contributed by atoms with Gasteiger partial charge < -0.3 is 20.4 Å². The number of allylic oxidation sites excluding steroid dienone is 6. The smallest absolute Gasteiger partial charge is 0.145 e. The largest absolute Gasteiger partial charge is 0.390 e. The number of hydrogen-bond donors (Lipinski definition) is 4. The first-order valence-electron chi connectivity index (χ1n) is 13.6. The molecule has 35 heavy (non-hydrogen) atoms. The summed E-state index contributed by atoms with van der Waals surface area (Å²) in [5, 5.41) is 41.1. The summed E-state index contributed by atoms with van der Waals surface area (Å²) in [6.07, 6.45) is 17.5. The number of aliphatic hydroxyl groups is 4. The Balaban J connectivity index is 1.70. The van der Waals surface area contributed by atoms with E-state index in [1.165, 1.54) is 24.8 Å². The van der Waals surface area contributed by atoms with Gasteiger partial charge in [-0.05, 0) is 81.0 Å². The number of hydrogen-bond acceptors (Lipinski definition) is 4. The van der Waals surface area contributed by atoms with Gasteiger partial charge in [0.2, 0.25) is 0 Å². The minimum absolute atomic E-state index is 0.187. The van der Waals surface area contributed by atoms with Crippen molar-refractivity contribution >= 4 is 0 Å². The van der Waals surface area contributed by atoms with Crippen LogP contribution in [0.3, 0.4) is 0 Å². The fourth-order valence-corrected chi connectivity index (χ4v) is 6.93. The molecular weight excluding hydrogens is 443 g/mol. The number of aliphatic hydroxyl groups excluding tert-OH is 2. The molecule has 6 atom stereocenters. The van der Waals surface area contributed by atoms with E-state index in [4.69, 9.17) is 0 Å². The number of alkyl halides is 1. The van der Waals surface area contributed by atoms with E-state index in [9.17, 15) is 24.8 Å². The van der Waals surface area contributed by atoms with E-state index in [1.54, 1.807) is 0 Å². The average Bonchev–Trinajstić information content (AvgIpc) is 3.21. The zero-order valence-electron chi connectivity index (χ0n) is 22.1. The second-order valence-electron chi connectivity index (χ2n) is 11.6. The third kappa shape index (κ3) is 5.84. The summed E-state index contributed by atoms with van der Waals surface area (Å²) in [7, 11) is 0. The molecule has 0 aromatic rings. The van der Waals surface area contributed by atoms with Gasteiger partial charge >= 0.3 is 0 Å². The molecule has 3 saturated carbocycles. The number of rotatable bonds is 8. The molecule has 0 bridgehead atoms. The Bertz CT molecular complexity index is 825. The van der Waals surface area contributed by atoms with Gasteiger partial charge in [-0.3, -0.25) is 0 Å². The molecule has 0 saturated heterocycles. The molecule has 3 unspecified atom stereocenters. The topological polar surface area (TPSA) is 80.9 Å². The summed E-state index contributed by atoms with van der Waals surface area (Å²) in [5.41, 5.74) is -0.235. The van der Waals surface area contributed by atoms with Crippen molar-refractivity contribution in [1.29, 1.82) is 0 Å². The van der Waals surface area contributed by atoms with Crippen LogP contribution in [0.25, 0.3) is 0 Å². The van der Waals surface area contributed by atoms with Gasteiger partial charge in [-0.25, -0.2) is 4.39 Å². The molecule has 0 aromatic carbocycles. The standard InChI is InChI=1S/C30H47FO4/c1-5-29(34,6-2)17-8-7-10-21(3)24-14-15-25-23(11-9-16-28(24,25)4)13-12-22-18-26(32)30(35,20-31)27(33)19-22/h7-8,10,12-13,17,21,24-27,32-35H,5-6,9,11,14-16,18-20H2,1-4H3/t21-,24?,25?,26-,27-,28?,30?/m1/s1. The summed E-state index contributed by atoms with van der Waals surface area (Å²) in [5.74, 6) is 1.57. The van der Waals surface area contributed by atoms with E-state index in [0.717, 1.165) is 18.4 Å². The van der Waals surface area contributed by atoms with Gasteiger partial charge in [-0.15, -0.1) is 0 Å². The van der Waals surface area contributed by atoms with Crippen LogP contribution >= 0.6 is 0 Å². The summed E-state index contributed by atoms with van der Waals surface area (Å²) in [4.78, 5) is 0. The maximum atomic E-state index is 13.2. The van der Waals surface area contributed by atoms with E-state index < -0.39 is 30.1 Å². The van der Waals surface area contributed by atoms with Crippen LogP contribution in [0.2, 0.25) is 0 Å². The molecular formula is C30H47FO4.